The van der Waals surface area contributed by atoms with Gasteiger partial charge < -0.3 is 15.5 Å². The molecule has 94 valence electrons. The highest BCUT2D eigenvalue weighted by Crippen LogP contribution is 2.26. The molecule has 0 bridgehead atoms. The molecule has 0 saturated heterocycles. The molecular weight excluding hydrogens is 257 g/mol. The molecule has 0 amide bonds. The van der Waals surface area contributed by atoms with Gasteiger partial charge in [0, 0.05) is 6.54 Å². The molecule has 5 heteroatoms. The maximum absolute atomic E-state index is 12.8. The minimum Gasteiger partial charge on any atom is -0.504 e. The Labute approximate surface area is 108 Å². The number of hydrogen-bond acceptors (Lipinski definition) is 3. The van der Waals surface area contributed by atoms with Gasteiger partial charge in [0.15, 0.2) is 11.5 Å². The van der Waals surface area contributed by atoms with E-state index in [1.54, 1.807) is 6.07 Å². The maximum Gasteiger partial charge on any atom is 0.157 e. The number of phenols is 2. The average Bonchev–Trinajstić information content (AvgIpc) is 2.32. The van der Waals surface area contributed by atoms with Gasteiger partial charge in [0.2, 0.25) is 0 Å². The molecule has 0 atom stereocenters. The fraction of sp³-hybridized carbons (Fsp3) is 0.0769. The van der Waals surface area contributed by atoms with Gasteiger partial charge in [0.1, 0.15) is 5.82 Å². The fourth-order valence-corrected chi connectivity index (χ4v) is 1.74. The number of benzene rings is 2. The molecule has 2 aromatic carbocycles. The van der Waals surface area contributed by atoms with E-state index >= 15 is 0 Å². The van der Waals surface area contributed by atoms with E-state index in [1.165, 1.54) is 30.3 Å². The molecule has 0 heterocycles. The molecule has 18 heavy (non-hydrogen) atoms. The van der Waals surface area contributed by atoms with Crippen molar-refractivity contribution in [2.24, 2.45) is 0 Å². The quantitative estimate of drug-likeness (QED) is 0.746. The summed E-state index contributed by atoms with van der Waals surface area (Å²) in [5.74, 6) is -0.745. The van der Waals surface area contributed by atoms with Crippen LogP contribution in [0.15, 0.2) is 36.4 Å². The first-order chi connectivity index (χ1) is 8.56. The Morgan fingerprint density at radius 3 is 2.50 bits per heavy atom. The lowest BCUT2D eigenvalue weighted by Crippen LogP contribution is -1.99. The molecule has 0 spiro atoms. The Kier molecular flexibility index (Phi) is 3.58. The van der Waals surface area contributed by atoms with E-state index in [-0.39, 0.29) is 16.5 Å². The first-order valence-electron chi connectivity index (χ1n) is 5.26. The summed E-state index contributed by atoms with van der Waals surface area (Å²) in [4.78, 5) is 0. The van der Waals surface area contributed by atoms with Crippen LogP contribution in [0.3, 0.4) is 0 Å². The van der Waals surface area contributed by atoms with E-state index in [1.807, 2.05) is 0 Å². The van der Waals surface area contributed by atoms with Crippen molar-refractivity contribution < 1.29 is 14.6 Å². The van der Waals surface area contributed by atoms with Crippen molar-refractivity contribution >= 4 is 17.3 Å². The van der Waals surface area contributed by atoms with E-state index in [4.69, 9.17) is 11.6 Å². The van der Waals surface area contributed by atoms with Gasteiger partial charge in [0.05, 0.1) is 10.7 Å². The van der Waals surface area contributed by atoms with Crippen LogP contribution in [0.1, 0.15) is 5.56 Å². The summed E-state index contributed by atoms with van der Waals surface area (Å²) in [6, 6.07) is 8.58. The van der Waals surface area contributed by atoms with Crippen molar-refractivity contribution in [1.29, 1.82) is 0 Å². The smallest absolute Gasteiger partial charge is 0.157 e. The van der Waals surface area contributed by atoms with Crippen LogP contribution in [0, 0.1) is 5.82 Å². The highest BCUT2D eigenvalue weighted by Gasteiger charge is 2.03. The summed E-state index contributed by atoms with van der Waals surface area (Å²) >= 11 is 5.86. The second kappa shape index (κ2) is 5.14. The highest BCUT2D eigenvalue weighted by molar-refractivity contribution is 6.33. The standard InChI is InChI=1S/C13H11ClFNO2/c14-10-6-9(15)2-3-11(10)16-7-8-1-4-12(17)13(18)5-8/h1-6,16-18H,7H2. The first kappa shape index (κ1) is 12.5. The largest absolute Gasteiger partial charge is 0.504 e. The molecule has 0 saturated carbocycles. The number of phenolic OH excluding ortho intramolecular Hbond substituents is 2. The zero-order valence-corrected chi connectivity index (χ0v) is 10.1. The van der Waals surface area contributed by atoms with Crippen LogP contribution < -0.4 is 5.32 Å². The number of rotatable bonds is 3. The molecule has 2 aromatic rings. The number of aromatic hydroxyl groups is 2. The van der Waals surface area contributed by atoms with Gasteiger partial charge in [-0.25, -0.2) is 4.39 Å². The zero-order chi connectivity index (χ0) is 13.1. The van der Waals surface area contributed by atoms with Gasteiger partial charge in [-0.15, -0.1) is 0 Å². The maximum atomic E-state index is 12.8. The first-order valence-corrected chi connectivity index (χ1v) is 5.64. The average molecular weight is 268 g/mol. The second-order valence-corrected chi connectivity index (χ2v) is 4.21. The monoisotopic (exact) mass is 267 g/mol. The zero-order valence-electron chi connectivity index (χ0n) is 9.32. The lowest BCUT2D eigenvalue weighted by molar-refractivity contribution is 0.403. The van der Waals surface area contributed by atoms with Crippen molar-refractivity contribution in [3.8, 4) is 11.5 Å². The van der Waals surface area contributed by atoms with E-state index in [9.17, 15) is 14.6 Å². The van der Waals surface area contributed by atoms with Gasteiger partial charge in [-0.3, -0.25) is 0 Å². The van der Waals surface area contributed by atoms with Gasteiger partial charge in [-0.1, -0.05) is 17.7 Å². The molecule has 0 aromatic heterocycles. The third kappa shape index (κ3) is 2.84. The third-order valence-electron chi connectivity index (χ3n) is 2.45. The molecule has 3 N–H and O–H groups in total. The predicted octanol–water partition coefficient (Wildman–Crippen LogP) is 3.50. The molecule has 0 unspecified atom stereocenters. The Bertz CT molecular complexity index is 575. The number of hydrogen-bond donors (Lipinski definition) is 3. The Balaban J connectivity index is 2.09. The normalized spacial score (nSPS) is 10.3. The van der Waals surface area contributed by atoms with Crippen molar-refractivity contribution in [3.05, 3.63) is 52.8 Å². The summed E-state index contributed by atoms with van der Waals surface area (Å²) < 4.78 is 12.8. The SMILES string of the molecule is Oc1ccc(CNc2ccc(F)cc2Cl)cc1O. The Hall–Kier alpha value is -1.94. The molecule has 2 rings (SSSR count). The molecule has 3 nitrogen and oxygen atoms in total. The van der Waals surface area contributed by atoms with E-state index in [0.717, 1.165) is 5.56 Å². The number of halogens is 2. The second-order valence-electron chi connectivity index (χ2n) is 3.80. The predicted molar refractivity (Wildman–Crippen MR) is 68.5 cm³/mol. The van der Waals surface area contributed by atoms with Crippen LogP contribution in [0.4, 0.5) is 10.1 Å². The van der Waals surface area contributed by atoms with Crippen LogP contribution >= 0.6 is 11.6 Å². The van der Waals surface area contributed by atoms with E-state index < -0.39 is 5.82 Å². The summed E-state index contributed by atoms with van der Waals surface area (Å²) in [5.41, 5.74) is 1.37. The van der Waals surface area contributed by atoms with Crippen LogP contribution in [-0.4, -0.2) is 10.2 Å². The van der Waals surface area contributed by atoms with Crippen LogP contribution in [0.2, 0.25) is 5.02 Å². The van der Waals surface area contributed by atoms with Crippen molar-refractivity contribution in [1.82, 2.24) is 0 Å². The van der Waals surface area contributed by atoms with Crippen LogP contribution in [0.25, 0.3) is 0 Å². The minimum absolute atomic E-state index is 0.168. The lowest BCUT2D eigenvalue weighted by atomic mass is 10.2. The van der Waals surface area contributed by atoms with E-state index in [2.05, 4.69) is 5.32 Å². The number of anilines is 1. The topological polar surface area (TPSA) is 52.5 Å². The van der Waals surface area contributed by atoms with Gasteiger partial charge in [0.25, 0.3) is 0 Å². The van der Waals surface area contributed by atoms with Crippen molar-refractivity contribution in [2.45, 2.75) is 6.54 Å². The van der Waals surface area contributed by atoms with Gasteiger partial charge >= 0.3 is 0 Å². The molecule has 0 radical (unpaired) electrons. The summed E-state index contributed by atoms with van der Waals surface area (Å²) in [6.07, 6.45) is 0. The third-order valence-corrected chi connectivity index (χ3v) is 2.77. The van der Waals surface area contributed by atoms with Crippen LogP contribution in [-0.2, 0) is 6.54 Å². The summed E-state index contributed by atoms with van der Waals surface area (Å²) in [7, 11) is 0. The molecule has 0 aliphatic heterocycles. The van der Waals surface area contributed by atoms with Gasteiger partial charge in [-0.05, 0) is 35.9 Å². The Morgan fingerprint density at radius 1 is 1.06 bits per heavy atom. The number of nitrogens with one attached hydrogen (secondary N) is 1. The fourth-order valence-electron chi connectivity index (χ4n) is 1.51. The van der Waals surface area contributed by atoms with Crippen molar-refractivity contribution in [2.75, 3.05) is 5.32 Å². The Morgan fingerprint density at radius 2 is 1.83 bits per heavy atom. The summed E-state index contributed by atoms with van der Waals surface area (Å²) in [6.45, 7) is 0.402. The van der Waals surface area contributed by atoms with Gasteiger partial charge in [-0.2, -0.15) is 0 Å². The molecular formula is C13H11ClFNO2. The van der Waals surface area contributed by atoms with E-state index in [0.29, 0.717) is 12.2 Å². The lowest BCUT2D eigenvalue weighted by Gasteiger charge is -2.09. The van der Waals surface area contributed by atoms with Crippen LogP contribution in [0.5, 0.6) is 11.5 Å². The molecule has 0 fully saturated rings. The summed E-state index contributed by atoms with van der Waals surface area (Å²) in [5, 5.41) is 21.8. The minimum atomic E-state index is -0.396. The van der Waals surface area contributed by atoms with Crippen molar-refractivity contribution in [3.63, 3.8) is 0 Å². The molecule has 0 aliphatic rings. The molecule has 0 aliphatic carbocycles. The highest BCUT2D eigenvalue weighted by atomic mass is 35.5.